The van der Waals surface area contributed by atoms with Gasteiger partial charge in [-0.25, -0.2) is 4.68 Å². The van der Waals surface area contributed by atoms with Gasteiger partial charge < -0.3 is 10.1 Å². The van der Waals surface area contributed by atoms with Gasteiger partial charge in [0, 0.05) is 12.1 Å². The summed E-state index contributed by atoms with van der Waals surface area (Å²) in [6.45, 7) is 1.72. The second-order valence-corrected chi connectivity index (χ2v) is 6.84. The smallest absolute Gasteiger partial charge is 0.271 e. The number of anilines is 1. The lowest BCUT2D eigenvalue weighted by atomic mass is 10.2. The van der Waals surface area contributed by atoms with Crippen LogP contribution < -0.4 is 10.1 Å². The van der Waals surface area contributed by atoms with Crippen LogP contribution in [0.4, 0.5) is 11.4 Å². The lowest BCUT2D eigenvalue weighted by molar-refractivity contribution is -0.384. The Hall–Kier alpha value is -2.69. The predicted molar refractivity (Wildman–Crippen MR) is 89.7 cm³/mol. The Morgan fingerprint density at radius 2 is 2.28 bits per heavy atom. The summed E-state index contributed by atoms with van der Waals surface area (Å²) in [7, 11) is 1.43. The first-order chi connectivity index (χ1) is 12.0. The average molecular weight is 364 g/mol. The van der Waals surface area contributed by atoms with Crippen molar-refractivity contribution >= 4 is 29.0 Å². The molecule has 11 heteroatoms. The minimum absolute atomic E-state index is 0.130. The van der Waals surface area contributed by atoms with E-state index in [-0.39, 0.29) is 17.3 Å². The van der Waals surface area contributed by atoms with E-state index in [0.29, 0.717) is 16.9 Å². The fourth-order valence-electron chi connectivity index (χ4n) is 2.16. The van der Waals surface area contributed by atoms with Crippen LogP contribution in [0.3, 0.4) is 0 Å². The zero-order valence-corrected chi connectivity index (χ0v) is 14.4. The van der Waals surface area contributed by atoms with Gasteiger partial charge in [0.1, 0.15) is 5.75 Å². The molecule has 1 aliphatic carbocycles. The summed E-state index contributed by atoms with van der Waals surface area (Å²) in [4.78, 5) is 22.8. The number of ether oxygens (including phenoxy) is 1. The molecule has 0 radical (unpaired) electrons. The van der Waals surface area contributed by atoms with Crippen LogP contribution in [0.5, 0.6) is 5.75 Å². The van der Waals surface area contributed by atoms with Crippen molar-refractivity contribution in [3.63, 3.8) is 0 Å². The van der Waals surface area contributed by atoms with Crippen molar-refractivity contribution < 1.29 is 14.5 Å². The number of benzene rings is 1. The number of non-ortho nitro benzene ring substituents is 1. The number of methoxy groups -OCH3 is 1. The van der Waals surface area contributed by atoms with E-state index in [1.165, 1.54) is 37.1 Å². The van der Waals surface area contributed by atoms with Gasteiger partial charge >= 0.3 is 0 Å². The Kier molecular flexibility index (Phi) is 4.83. The number of carbonyl (C=O) groups is 1. The number of hydrogen-bond donors (Lipinski definition) is 1. The second kappa shape index (κ2) is 7.05. The highest BCUT2D eigenvalue weighted by Gasteiger charge is 2.29. The molecule has 1 aromatic carbocycles. The standard InChI is InChI=1S/C14H16N6O4S/c1-8(25-14-16-17-18-19(14)9-3-4-9)13(21)15-11-7-10(20(22)23)5-6-12(11)24-2/h5-9H,3-4H2,1-2H3,(H,15,21)/t8-/m0/s1. The Labute approximate surface area is 147 Å². The van der Waals surface area contributed by atoms with Crippen LogP contribution in [-0.2, 0) is 4.79 Å². The molecule has 3 rings (SSSR count). The van der Waals surface area contributed by atoms with Gasteiger partial charge in [-0.15, -0.1) is 5.10 Å². The number of amides is 1. The van der Waals surface area contributed by atoms with Crippen molar-refractivity contribution in [3.05, 3.63) is 28.3 Å². The van der Waals surface area contributed by atoms with Gasteiger partial charge in [0.2, 0.25) is 11.1 Å². The molecule has 1 amide bonds. The van der Waals surface area contributed by atoms with Crippen LogP contribution in [0.2, 0.25) is 0 Å². The van der Waals surface area contributed by atoms with Crippen LogP contribution in [0.15, 0.2) is 23.4 Å². The van der Waals surface area contributed by atoms with Gasteiger partial charge in [-0.05, 0) is 36.3 Å². The van der Waals surface area contributed by atoms with Gasteiger partial charge in [0.05, 0.1) is 29.0 Å². The van der Waals surface area contributed by atoms with E-state index >= 15 is 0 Å². The minimum atomic E-state index is -0.531. The Bertz CT molecular complexity index is 806. The fraction of sp³-hybridized carbons (Fsp3) is 0.429. The molecule has 25 heavy (non-hydrogen) atoms. The van der Waals surface area contributed by atoms with Crippen molar-refractivity contribution in [2.45, 2.75) is 36.2 Å². The van der Waals surface area contributed by atoms with Crippen molar-refractivity contribution in [2.24, 2.45) is 0 Å². The normalized spacial score (nSPS) is 14.8. The molecule has 10 nitrogen and oxygen atoms in total. The molecule has 1 saturated carbocycles. The Morgan fingerprint density at radius 3 is 2.92 bits per heavy atom. The topological polar surface area (TPSA) is 125 Å². The molecule has 0 saturated heterocycles. The molecule has 0 spiro atoms. The molecule has 0 bridgehead atoms. The summed E-state index contributed by atoms with van der Waals surface area (Å²) >= 11 is 1.24. The Balaban J connectivity index is 1.71. The molecule has 0 unspecified atom stereocenters. The predicted octanol–water partition coefficient (Wildman–Crippen LogP) is 2.04. The van der Waals surface area contributed by atoms with E-state index < -0.39 is 10.2 Å². The molecule has 1 aliphatic rings. The fourth-order valence-corrected chi connectivity index (χ4v) is 3.02. The number of thioether (sulfide) groups is 1. The van der Waals surface area contributed by atoms with Crippen molar-refractivity contribution in [1.29, 1.82) is 0 Å². The third-order valence-electron chi connectivity index (χ3n) is 3.66. The molecule has 0 aliphatic heterocycles. The highest BCUT2D eigenvalue weighted by Crippen LogP contribution is 2.37. The van der Waals surface area contributed by atoms with E-state index in [1.807, 2.05) is 0 Å². The lowest BCUT2D eigenvalue weighted by Crippen LogP contribution is -2.23. The first kappa shape index (κ1) is 17.1. The number of nitro benzene ring substituents is 1. The molecule has 1 aromatic heterocycles. The summed E-state index contributed by atoms with van der Waals surface area (Å²) < 4.78 is 6.87. The summed E-state index contributed by atoms with van der Waals surface area (Å²) in [6, 6.07) is 4.34. The van der Waals surface area contributed by atoms with Gasteiger partial charge in [-0.3, -0.25) is 14.9 Å². The SMILES string of the molecule is COc1ccc([N+](=O)[O-])cc1NC(=O)[C@H](C)Sc1nnnn1C1CC1. The summed E-state index contributed by atoms with van der Waals surface area (Å²) in [5.41, 5.74) is 0.116. The van der Waals surface area contributed by atoms with Gasteiger partial charge in [-0.1, -0.05) is 11.8 Å². The lowest BCUT2D eigenvalue weighted by Gasteiger charge is -2.13. The monoisotopic (exact) mass is 364 g/mol. The van der Waals surface area contributed by atoms with Crippen LogP contribution in [-0.4, -0.2) is 43.4 Å². The number of nitro groups is 1. The second-order valence-electron chi connectivity index (χ2n) is 5.53. The van der Waals surface area contributed by atoms with E-state index in [4.69, 9.17) is 4.74 Å². The molecule has 1 heterocycles. The van der Waals surface area contributed by atoms with Crippen molar-refractivity contribution in [2.75, 3.05) is 12.4 Å². The number of hydrogen-bond acceptors (Lipinski definition) is 8. The molecule has 1 fully saturated rings. The molecular formula is C14H16N6O4S. The quantitative estimate of drug-likeness (QED) is 0.449. The third kappa shape index (κ3) is 3.87. The Morgan fingerprint density at radius 1 is 1.52 bits per heavy atom. The van der Waals surface area contributed by atoms with Gasteiger partial charge in [0.15, 0.2) is 0 Å². The number of nitrogens with zero attached hydrogens (tertiary/aromatic N) is 5. The van der Waals surface area contributed by atoms with E-state index in [0.717, 1.165) is 12.8 Å². The largest absolute Gasteiger partial charge is 0.495 e. The highest BCUT2D eigenvalue weighted by atomic mass is 32.2. The van der Waals surface area contributed by atoms with Crippen LogP contribution in [0, 0.1) is 10.1 Å². The van der Waals surface area contributed by atoms with Crippen molar-refractivity contribution in [1.82, 2.24) is 20.2 Å². The number of aromatic nitrogens is 4. The summed E-state index contributed by atoms with van der Waals surface area (Å²) in [5.74, 6) is 0.0214. The van der Waals surface area contributed by atoms with Gasteiger partial charge in [0.25, 0.3) is 5.69 Å². The zero-order valence-electron chi connectivity index (χ0n) is 13.6. The molecule has 1 N–H and O–H groups in total. The number of rotatable bonds is 7. The zero-order chi connectivity index (χ0) is 18.0. The molecule has 1 atom stereocenters. The number of tetrazole rings is 1. The number of carbonyl (C=O) groups excluding carboxylic acids is 1. The minimum Gasteiger partial charge on any atom is -0.495 e. The molecule has 132 valence electrons. The maximum absolute atomic E-state index is 12.4. The van der Waals surface area contributed by atoms with Crippen molar-refractivity contribution in [3.8, 4) is 5.75 Å². The third-order valence-corrected chi connectivity index (χ3v) is 4.71. The van der Waals surface area contributed by atoms with Crippen LogP contribution in [0.1, 0.15) is 25.8 Å². The molecular weight excluding hydrogens is 348 g/mol. The van der Waals surface area contributed by atoms with E-state index in [9.17, 15) is 14.9 Å². The number of nitrogens with one attached hydrogen (secondary N) is 1. The maximum Gasteiger partial charge on any atom is 0.271 e. The summed E-state index contributed by atoms with van der Waals surface area (Å²) in [5, 5.41) is 25.2. The first-order valence-electron chi connectivity index (χ1n) is 7.57. The van der Waals surface area contributed by atoms with Crippen LogP contribution >= 0.6 is 11.8 Å². The van der Waals surface area contributed by atoms with E-state index in [2.05, 4.69) is 20.8 Å². The maximum atomic E-state index is 12.4. The first-order valence-corrected chi connectivity index (χ1v) is 8.45. The average Bonchev–Trinajstić information content (AvgIpc) is 3.34. The van der Waals surface area contributed by atoms with E-state index in [1.54, 1.807) is 11.6 Å². The molecule has 2 aromatic rings. The summed E-state index contributed by atoms with van der Waals surface area (Å²) in [6.07, 6.45) is 2.06. The highest BCUT2D eigenvalue weighted by molar-refractivity contribution is 8.00. The van der Waals surface area contributed by atoms with Crippen LogP contribution in [0.25, 0.3) is 0 Å². The van der Waals surface area contributed by atoms with Gasteiger partial charge in [-0.2, -0.15) is 0 Å².